The van der Waals surface area contributed by atoms with Gasteiger partial charge in [0.05, 0.1) is 5.92 Å². The number of hydrogen-bond donors (Lipinski definition) is 2. The highest BCUT2D eigenvalue weighted by atomic mass is 32.1. The second kappa shape index (κ2) is 6.47. The van der Waals surface area contributed by atoms with Gasteiger partial charge in [0.15, 0.2) is 0 Å². The Kier molecular flexibility index (Phi) is 5.48. The summed E-state index contributed by atoms with van der Waals surface area (Å²) in [6.07, 6.45) is 1.17. The Labute approximate surface area is 121 Å². The molecule has 0 aromatic heterocycles. The first-order valence-corrected chi connectivity index (χ1v) is 7.22. The van der Waals surface area contributed by atoms with Crippen molar-refractivity contribution < 1.29 is 9.90 Å². The molecule has 2 unspecified atom stereocenters. The first kappa shape index (κ1) is 16.1. The predicted molar refractivity (Wildman–Crippen MR) is 83.0 cm³/mol. The molecule has 0 bridgehead atoms. The second-order valence-corrected chi connectivity index (χ2v) is 7.16. The highest BCUT2D eigenvalue weighted by molar-refractivity contribution is 7.80. The van der Waals surface area contributed by atoms with E-state index in [4.69, 9.17) is 0 Å². The molecule has 0 heterocycles. The molecular weight excluding hydrogens is 256 g/mol. The van der Waals surface area contributed by atoms with Crippen molar-refractivity contribution in [2.45, 2.75) is 51.2 Å². The zero-order chi connectivity index (χ0) is 14.6. The van der Waals surface area contributed by atoms with Gasteiger partial charge in [0.2, 0.25) is 0 Å². The first-order chi connectivity index (χ1) is 8.70. The van der Waals surface area contributed by atoms with Crippen LogP contribution in [0.2, 0.25) is 0 Å². The molecule has 0 aliphatic heterocycles. The summed E-state index contributed by atoms with van der Waals surface area (Å²) in [5.41, 5.74) is 2.42. The molecule has 1 rings (SSSR count). The summed E-state index contributed by atoms with van der Waals surface area (Å²) in [4.78, 5) is 11.3. The quantitative estimate of drug-likeness (QED) is 0.802. The third-order valence-corrected chi connectivity index (χ3v) is 3.46. The van der Waals surface area contributed by atoms with Crippen LogP contribution in [-0.4, -0.2) is 16.3 Å². The Morgan fingerprint density at radius 2 is 2.00 bits per heavy atom. The van der Waals surface area contributed by atoms with Crippen LogP contribution in [-0.2, 0) is 16.6 Å². The maximum atomic E-state index is 11.3. The maximum absolute atomic E-state index is 11.3. The molecule has 2 atom stereocenters. The van der Waals surface area contributed by atoms with Crippen molar-refractivity contribution in [3.05, 3.63) is 35.4 Å². The summed E-state index contributed by atoms with van der Waals surface area (Å²) < 4.78 is 0. The van der Waals surface area contributed by atoms with Crippen molar-refractivity contribution in [1.82, 2.24) is 0 Å². The Morgan fingerprint density at radius 1 is 1.37 bits per heavy atom. The van der Waals surface area contributed by atoms with E-state index >= 15 is 0 Å². The topological polar surface area (TPSA) is 37.3 Å². The lowest BCUT2D eigenvalue weighted by Crippen LogP contribution is -2.20. The summed E-state index contributed by atoms with van der Waals surface area (Å²) in [7, 11) is 0. The number of hydrogen-bond acceptors (Lipinski definition) is 2. The summed E-state index contributed by atoms with van der Waals surface area (Å²) in [6.45, 7) is 8.42. The lowest BCUT2D eigenvalue weighted by atomic mass is 9.85. The van der Waals surface area contributed by atoms with Gasteiger partial charge in [0.1, 0.15) is 0 Å². The summed E-state index contributed by atoms with van der Waals surface area (Å²) >= 11 is 4.30. The van der Waals surface area contributed by atoms with Gasteiger partial charge in [-0.3, -0.25) is 4.79 Å². The number of carboxylic acid groups (broad SMARTS) is 1. The molecule has 0 spiro atoms. The second-order valence-electron chi connectivity index (χ2n) is 6.27. The van der Waals surface area contributed by atoms with Crippen LogP contribution in [0.15, 0.2) is 24.3 Å². The van der Waals surface area contributed by atoms with Gasteiger partial charge < -0.3 is 5.11 Å². The Bertz CT molecular complexity index is 433. The number of thiol groups is 1. The molecule has 0 saturated carbocycles. The SMILES string of the molecule is CC(S)CC(Cc1cccc(C(C)(C)C)c1)C(=O)O. The molecule has 0 saturated heterocycles. The number of rotatable bonds is 5. The molecule has 1 N–H and O–H groups in total. The Hall–Kier alpha value is -0.960. The first-order valence-electron chi connectivity index (χ1n) is 6.70. The zero-order valence-electron chi connectivity index (χ0n) is 12.2. The van der Waals surface area contributed by atoms with Gasteiger partial charge in [-0.1, -0.05) is 52.0 Å². The summed E-state index contributed by atoms with van der Waals surface area (Å²) in [6, 6.07) is 8.24. The van der Waals surface area contributed by atoms with Crippen molar-refractivity contribution in [3.8, 4) is 0 Å². The van der Waals surface area contributed by atoms with Crippen LogP contribution >= 0.6 is 12.6 Å². The fourth-order valence-corrected chi connectivity index (χ4v) is 2.39. The number of benzene rings is 1. The normalized spacial score (nSPS) is 15.0. The van der Waals surface area contributed by atoms with E-state index in [1.165, 1.54) is 5.56 Å². The molecule has 0 radical (unpaired) electrons. The minimum absolute atomic E-state index is 0.0889. The number of carboxylic acids is 1. The molecule has 106 valence electrons. The van der Waals surface area contributed by atoms with Gasteiger partial charge in [-0.2, -0.15) is 12.6 Å². The van der Waals surface area contributed by atoms with Gasteiger partial charge in [0, 0.05) is 0 Å². The number of carbonyl (C=O) groups is 1. The van der Waals surface area contributed by atoms with E-state index in [0.717, 1.165) is 5.56 Å². The van der Waals surface area contributed by atoms with Crippen LogP contribution in [0, 0.1) is 5.92 Å². The largest absolute Gasteiger partial charge is 0.481 e. The molecule has 1 aromatic rings. The van der Waals surface area contributed by atoms with Crippen molar-refractivity contribution in [2.24, 2.45) is 5.92 Å². The average Bonchev–Trinajstić information content (AvgIpc) is 2.26. The fraction of sp³-hybridized carbons (Fsp3) is 0.562. The van der Waals surface area contributed by atoms with Crippen molar-refractivity contribution in [2.75, 3.05) is 0 Å². The molecule has 0 aliphatic carbocycles. The van der Waals surface area contributed by atoms with Crippen LogP contribution in [0.1, 0.15) is 45.2 Å². The van der Waals surface area contributed by atoms with Gasteiger partial charge in [-0.05, 0) is 34.6 Å². The van der Waals surface area contributed by atoms with Crippen LogP contribution in [0.5, 0.6) is 0 Å². The van der Waals surface area contributed by atoms with E-state index in [0.29, 0.717) is 12.8 Å². The Balaban J connectivity index is 2.88. The average molecular weight is 280 g/mol. The van der Waals surface area contributed by atoms with E-state index in [2.05, 4.69) is 45.5 Å². The van der Waals surface area contributed by atoms with E-state index in [-0.39, 0.29) is 16.6 Å². The van der Waals surface area contributed by atoms with Gasteiger partial charge in [-0.15, -0.1) is 0 Å². The highest BCUT2D eigenvalue weighted by Gasteiger charge is 2.21. The predicted octanol–water partition coefficient (Wildman–Crippen LogP) is 3.94. The van der Waals surface area contributed by atoms with Crippen molar-refractivity contribution in [1.29, 1.82) is 0 Å². The molecule has 2 nitrogen and oxygen atoms in total. The fourth-order valence-electron chi connectivity index (χ4n) is 2.13. The summed E-state index contributed by atoms with van der Waals surface area (Å²) in [5, 5.41) is 9.38. The lowest BCUT2D eigenvalue weighted by Gasteiger charge is -2.21. The van der Waals surface area contributed by atoms with E-state index in [1.54, 1.807) is 0 Å². The third-order valence-electron chi connectivity index (χ3n) is 3.25. The molecule has 0 amide bonds. The zero-order valence-corrected chi connectivity index (χ0v) is 13.1. The van der Waals surface area contributed by atoms with Crippen LogP contribution in [0.25, 0.3) is 0 Å². The highest BCUT2D eigenvalue weighted by Crippen LogP contribution is 2.25. The molecule has 3 heteroatoms. The molecule has 19 heavy (non-hydrogen) atoms. The van der Waals surface area contributed by atoms with E-state index < -0.39 is 5.97 Å². The van der Waals surface area contributed by atoms with Gasteiger partial charge in [0.25, 0.3) is 0 Å². The van der Waals surface area contributed by atoms with Crippen LogP contribution in [0.3, 0.4) is 0 Å². The van der Waals surface area contributed by atoms with Crippen LogP contribution in [0.4, 0.5) is 0 Å². The van der Waals surface area contributed by atoms with Gasteiger partial charge in [-0.25, -0.2) is 0 Å². The van der Waals surface area contributed by atoms with E-state index in [9.17, 15) is 9.90 Å². The van der Waals surface area contributed by atoms with Crippen molar-refractivity contribution >= 4 is 18.6 Å². The molecule has 1 aromatic carbocycles. The minimum atomic E-state index is -0.734. The number of aliphatic carboxylic acids is 1. The monoisotopic (exact) mass is 280 g/mol. The van der Waals surface area contributed by atoms with Crippen LogP contribution < -0.4 is 0 Å². The minimum Gasteiger partial charge on any atom is -0.481 e. The molecule has 0 fully saturated rings. The summed E-state index contributed by atoms with van der Waals surface area (Å²) in [5.74, 6) is -1.09. The van der Waals surface area contributed by atoms with Crippen molar-refractivity contribution in [3.63, 3.8) is 0 Å². The smallest absolute Gasteiger partial charge is 0.306 e. The Morgan fingerprint density at radius 3 is 2.47 bits per heavy atom. The molecular formula is C16H24O2S. The molecule has 0 aliphatic rings. The van der Waals surface area contributed by atoms with E-state index in [1.807, 2.05) is 19.1 Å². The third kappa shape index (κ3) is 5.27. The lowest BCUT2D eigenvalue weighted by molar-refractivity contribution is -0.141. The maximum Gasteiger partial charge on any atom is 0.306 e. The standard InChI is InChI=1S/C16H24O2S/c1-11(19)8-13(15(17)18)9-12-6-5-7-14(10-12)16(2,3)4/h5-7,10-11,13,19H,8-9H2,1-4H3,(H,17,18). The van der Waals surface area contributed by atoms with Gasteiger partial charge >= 0.3 is 5.97 Å².